The molecular formula is C24H32N2O4S. The van der Waals surface area contributed by atoms with Crippen LogP contribution in [0.2, 0.25) is 0 Å². The van der Waals surface area contributed by atoms with Crippen LogP contribution in [0.1, 0.15) is 55.8 Å². The van der Waals surface area contributed by atoms with Crippen LogP contribution in [0.5, 0.6) is 5.75 Å². The van der Waals surface area contributed by atoms with E-state index in [0.29, 0.717) is 18.5 Å². The number of anilines is 1. The van der Waals surface area contributed by atoms with Crippen LogP contribution in [0.3, 0.4) is 0 Å². The summed E-state index contributed by atoms with van der Waals surface area (Å²) >= 11 is 0. The Morgan fingerprint density at radius 3 is 2.55 bits per heavy atom. The van der Waals surface area contributed by atoms with Crippen molar-refractivity contribution in [2.75, 3.05) is 17.1 Å². The van der Waals surface area contributed by atoms with Crippen LogP contribution in [0.15, 0.2) is 42.5 Å². The lowest BCUT2D eigenvalue weighted by atomic mass is 9.89. The van der Waals surface area contributed by atoms with Crippen molar-refractivity contribution in [3.63, 3.8) is 0 Å². The minimum absolute atomic E-state index is 0.0908. The quantitative estimate of drug-likeness (QED) is 0.692. The SMILES string of the molecule is Cc1cccc(N(CCCC(=O)N[C@H]2CC(C)(C)Oc3cc(C)ccc32)S(C)(=O)=O)c1. The molecule has 0 aromatic heterocycles. The van der Waals surface area contributed by atoms with E-state index in [1.165, 1.54) is 10.6 Å². The molecule has 0 saturated carbocycles. The smallest absolute Gasteiger partial charge is 0.232 e. The fourth-order valence-electron chi connectivity index (χ4n) is 4.01. The molecule has 0 aliphatic carbocycles. The Morgan fingerprint density at radius 2 is 1.87 bits per heavy atom. The molecule has 6 nitrogen and oxygen atoms in total. The Bertz CT molecular complexity index is 1060. The van der Waals surface area contributed by atoms with Crippen molar-refractivity contribution in [3.05, 3.63) is 59.2 Å². The second-order valence-corrected chi connectivity index (χ2v) is 10.9. The van der Waals surface area contributed by atoms with E-state index in [1.807, 2.05) is 64.1 Å². The maximum absolute atomic E-state index is 12.7. The lowest BCUT2D eigenvalue weighted by Crippen LogP contribution is -2.41. The van der Waals surface area contributed by atoms with E-state index in [-0.39, 0.29) is 30.5 Å². The number of hydrogen-bond acceptors (Lipinski definition) is 4. The number of amides is 1. The number of ether oxygens (including phenoxy) is 1. The van der Waals surface area contributed by atoms with Crippen LogP contribution < -0.4 is 14.4 Å². The zero-order chi connectivity index (χ0) is 22.8. The third-order valence-electron chi connectivity index (χ3n) is 5.42. The summed E-state index contributed by atoms with van der Waals surface area (Å²) in [6.45, 7) is 8.23. The number of rotatable bonds is 7. The van der Waals surface area contributed by atoms with Gasteiger partial charge in [0.1, 0.15) is 11.4 Å². The Labute approximate surface area is 185 Å². The van der Waals surface area contributed by atoms with Gasteiger partial charge in [-0.2, -0.15) is 0 Å². The fraction of sp³-hybridized carbons (Fsp3) is 0.458. The normalized spacial score (nSPS) is 17.4. The summed E-state index contributed by atoms with van der Waals surface area (Å²) in [5, 5.41) is 3.12. The molecule has 2 aromatic carbocycles. The van der Waals surface area contributed by atoms with E-state index in [0.717, 1.165) is 22.4 Å². The van der Waals surface area contributed by atoms with Crippen LogP contribution in [-0.4, -0.2) is 32.7 Å². The number of fused-ring (bicyclic) bond motifs is 1. The highest BCUT2D eigenvalue weighted by Gasteiger charge is 2.34. The standard InChI is InChI=1S/C24H32N2O4S/c1-17-8-6-9-19(14-17)26(31(5,28)29)13-7-10-23(27)25-21-16-24(3,4)30-22-15-18(2)11-12-20(21)22/h6,8-9,11-12,14-15,21H,7,10,13,16H2,1-5H3,(H,25,27)/t21-/m0/s1. The zero-order valence-electron chi connectivity index (χ0n) is 18.9. The van der Waals surface area contributed by atoms with E-state index >= 15 is 0 Å². The number of sulfonamides is 1. The molecule has 7 heteroatoms. The molecule has 31 heavy (non-hydrogen) atoms. The van der Waals surface area contributed by atoms with Gasteiger partial charge in [0, 0.05) is 24.9 Å². The van der Waals surface area contributed by atoms with Gasteiger partial charge in [-0.25, -0.2) is 8.42 Å². The number of nitrogens with one attached hydrogen (secondary N) is 1. The molecule has 0 radical (unpaired) electrons. The molecule has 0 spiro atoms. The maximum Gasteiger partial charge on any atom is 0.232 e. The molecule has 3 rings (SSSR count). The summed E-state index contributed by atoms with van der Waals surface area (Å²) in [5.41, 5.74) is 3.32. The molecular weight excluding hydrogens is 412 g/mol. The van der Waals surface area contributed by atoms with Crippen LogP contribution in [0.25, 0.3) is 0 Å². The van der Waals surface area contributed by atoms with E-state index in [1.54, 1.807) is 6.07 Å². The molecule has 0 unspecified atom stereocenters. The van der Waals surface area contributed by atoms with Crippen molar-refractivity contribution in [2.24, 2.45) is 0 Å². The summed E-state index contributed by atoms with van der Waals surface area (Å²) in [5.74, 6) is 0.719. The third kappa shape index (κ3) is 6.00. The van der Waals surface area contributed by atoms with Crippen molar-refractivity contribution in [1.29, 1.82) is 0 Å². The highest BCUT2D eigenvalue weighted by molar-refractivity contribution is 7.92. The number of aryl methyl sites for hydroxylation is 2. The monoisotopic (exact) mass is 444 g/mol. The average molecular weight is 445 g/mol. The van der Waals surface area contributed by atoms with E-state index in [9.17, 15) is 13.2 Å². The summed E-state index contributed by atoms with van der Waals surface area (Å²) in [6.07, 6.45) is 2.54. The minimum atomic E-state index is -3.43. The van der Waals surface area contributed by atoms with E-state index in [4.69, 9.17) is 4.74 Å². The maximum atomic E-state index is 12.7. The summed E-state index contributed by atoms with van der Waals surface area (Å²) in [4.78, 5) is 12.7. The predicted molar refractivity (Wildman–Crippen MR) is 124 cm³/mol. The number of carbonyl (C=O) groups is 1. The molecule has 168 valence electrons. The fourth-order valence-corrected chi connectivity index (χ4v) is 4.96. The summed E-state index contributed by atoms with van der Waals surface area (Å²) in [7, 11) is -3.43. The van der Waals surface area contributed by atoms with Gasteiger partial charge in [-0.15, -0.1) is 0 Å². The van der Waals surface area contributed by atoms with E-state index < -0.39 is 10.0 Å². The Kier molecular flexibility index (Phi) is 6.65. The van der Waals surface area contributed by atoms with Gasteiger partial charge >= 0.3 is 0 Å². The first-order valence-electron chi connectivity index (χ1n) is 10.6. The molecule has 1 atom stereocenters. The molecule has 1 amide bonds. The lowest BCUT2D eigenvalue weighted by Gasteiger charge is -2.38. The minimum Gasteiger partial charge on any atom is -0.487 e. The predicted octanol–water partition coefficient (Wildman–Crippen LogP) is 4.27. The number of hydrogen-bond donors (Lipinski definition) is 1. The second kappa shape index (κ2) is 8.91. The highest BCUT2D eigenvalue weighted by atomic mass is 32.2. The Morgan fingerprint density at radius 1 is 1.16 bits per heavy atom. The molecule has 2 aromatic rings. The summed E-state index contributed by atoms with van der Waals surface area (Å²) < 4.78 is 32.0. The van der Waals surface area contributed by atoms with E-state index in [2.05, 4.69) is 5.32 Å². The van der Waals surface area contributed by atoms with Gasteiger partial charge in [0.2, 0.25) is 15.9 Å². The lowest BCUT2D eigenvalue weighted by molar-refractivity contribution is -0.122. The molecule has 1 aliphatic rings. The summed E-state index contributed by atoms with van der Waals surface area (Å²) in [6, 6.07) is 13.3. The Balaban J connectivity index is 1.65. The van der Waals surface area contributed by atoms with Gasteiger partial charge in [0.05, 0.1) is 18.0 Å². The zero-order valence-corrected chi connectivity index (χ0v) is 19.8. The molecule has 0 saturated heterocycles. The van der Waals surface area contributed by atoms with Crippen molar-refractivity contribution < 1.29 is 17.9 Å². The first-order valence-corrected chi connectivity index (χ1v) is 12.4. The molecule has 0 fully saturated rings. The first-order chi connectivity index (χ1) is 14.4. The molecule has 1 heterocycles. The Hall–Kier alpha value is -2.54. The molecule has 1 aliphatic heterocycles. The number of nitrogens with zero attached hydrogens (tertiary/aromatic N) is 1. The van der Waals surface area contributed by atoms with Crippen molar-refractivity contribution in [1.82, 2.24) is 5.32 Å². The van der Waals surface area contributed by atoms with Crippen molar-refractivity contribution in [2.45, 2.75) is 58.6 Å². The average Bonchev–Trinajstić information content (AvgIpc) is 2.62. The highest BCUT2D eigenvalue weighted by Crippen LogP contribution is 2.39. The van der Waals surface area contributed by atoms with Gasteiger partial charge in [-0.1, -0.05) is 24.3 Å². The number of benzene rings is 2. The van der Waals surface area contributed by atoms with Crippen molar-refractivity contribution in [3.8, 4) is 5.75 Å². The van der Waals surface area contributed by atoms with Gasteiger partial charge in [0.15, 0.2) is 0 Å². The van der Waals surface area contributed by atoms with Gasteiger partial charge in [-0.3, -0.25) is 9.10 Å². The molecule has 0 bridgehead atoms. The second-order valence-electron chi connectivity index (χ2n) is 9.00. The number of carbonyl (C=O) groups excluding carboxylic acids is 1. The van der Waals surface area contributed by atoms with Crippen LogP contribution in [0, 0.1) is 13.8 Å². The largest absolute Gasteiger partial charge is 0.487 e. The molecule has 1 N–H and O–H groups in total. The first kappa shape index (κ1) is 23.1. The topological polar surface area (TPSA) is 75.7 Å². The van der Waals surface area contributed by atoms with Gasteiger partial charge in [0.25, 0.3) is 0 Å². The van der Waals surface area contributed by atoms with Crippen LogP contribution in [0.4, 0.5) is 5.69 Å². The van der Waals surface area contributed by atoms with Gasteiger partial charge < -0.3 is 10.1 Å². The van der Waals surface area contributed by atoms with Gasteiger partial charge in [-0.05, 0) is 63.4 Å². The van der Waals surface area contributed by atoms with Crippen LogP contribution in [-0.2, 0) is 14.8 Å². The third-order valence-corrected chi connectivity index (χ3v) is 6.61. The van der Waals surface area contributed by atoms with Crippen LogP contribution >= 0.6 is 0 Å². The van der Waals surface area contributed by atoms with Crippen molar-refractivity contribution >= 4 is 21.6 Å².